The number of rotatable bonds is 4. The number of carbonyl (C=O) groups is 1. The van der Waals surface area contributed by atoms with Crippen LogP contribution in [0.1, 0.15) is 43.9 Å². The second-order valence-electron chi connectivity index (χ2n) is 3.92. The van der Waals surface area contributed by atoms with Crippen molar-refractivity contribution >= 4 is 5.97 Å². The summed E-state index contributed by atoms with van der Waals surface area (Å²) in [6.45, 7) is 2.06. The quantitative estimate of drug-likeness (QED) is 0.800. The van der Waals surface area contributed by atoms with Crippen LogP contribution in [0.25, 0.3) is 0 Å². The molecule has 0 aliphatic carbocycles. The van der Waals surface area contributed by atoms with Gasteiger partial charge >= 0.3 is 5.97 Å². The summed E-state index contributed by atoms with van der Waals surface area (Å²) in [6.07, 6.45) is 2.05. The fourth-order valence-corrected chi connectivity index (χ4v) is 1.81. The van der Waals surface area contributed by atoms with E-state index < -0.39 is 12.1 Å². The Bertz CT molecular complexity index is 377. The standard InChI is InChI=1S/C10H15N3O3/c1-2-3-8-11-9(13-12-8)6-4-5-7(16-6)10(14)15/h6-7H,2-5H2,1H3,(H,14,15)(H,11,12,13). The van der Waals surface area contributed by atoms with Gasteiger partial charge in [0.25, 0.3) is 0 Å². The molecule has 88 valence electrons. The molecule has 1 aromatic rings. The first-order valence-electron chi connectivity index (χ1n) is 5.50. The van der Waals surface area contributed by atoms with Crippen LogP contribution in [0.3, 0.4) is 0 Å². The summed E-state index contributed by atoms with van der Waals surface area (Å²) in [5.74, 6) is 0.499. The van der Waals surface area contributed by atoms with Crippen molar-refractivity contribution < 1.29 is 14.6 Å². The zero-order chi connectivity index (χ0) is 11.5. The van der Waals surface area contributed by atoms with Crippen molar-refractivity contribution in [2.45, 2.75) is 44.8 Å². The Morgan fingerprint density at radius 1 is 1.62 bits per heavy atom. The molecule has 2 N–H and O–H groups in total. The molecule has 0 aromatic carbocycles. The van der Waals surface area contributed by atoms with Crippen molar-refractivity contribution in [1.29, 1.82) is 0 Å². The maximum atomic E-state index is 10.7. The summed E-state index contributed by atoms with van der Waals surface area (Å²) in [4.78, 5) is 15.0. The summed E-state index contributed by atoms with van der Waals surface area (Å²) in [7, 11) is 0. The van der Waals surface area contributed by atoms with E-state index in [-0.39, 0.29) is 6.10 Å². The zero-order valence-electron chi connectivity index (χ0n) is 9.14. The molecule has 0 bridgehead atoms. The van der Waals surface area contributed by atoms with Gasteiger partial charge in [-0.1, -0.05) is 6.92 Å². The van der Waals surface area contributed by atoms with Gasteiger partial charge in [0.15, 0.2) is 11.9 Å². The molecule has 1 fully saturated rings. The summed E-state index contributed by atoms with van der Waals surface area (Å²) in [5.41, 5.74) is 0. The first-order chi connectivity index (χ1) is 7.70. The second-order valence-corrected chi connectivity index (χ2v) is 3.92. The lowest BCUT2D eigenvalue weighted by atomic mass is 10.2. The summed E-state index contributed by atoms with van der Waals surface area (Å²) < 4.78 is 5.36. The van der Waals surface area contributed by atoms with Crippen molar-refractivity contribution in [1.82, 2.24) is 15.2 Å². The number of aromatic amines is 1. The van der Waals surface area contributed by atoms with Crippen LogP contribution >= 0.6 is 0 Å². The van der Waals surface area contributed by atoms with Gasteiger partial charge in [-0.2, -0.15) is 5.10 Å². The van der Waals surface area contributed by atoms with Gasteiger partial charge in [-0.25, -0.2) is 9.78 Å². The number of aliphatic carboxylic acids is 1. The van der Waals surface area contributed by atoms with E-state index in [2.05, 4.69) is 22.1 Å². The molecule has 6 heteroatoms. The number of H-pyrrole nitrogens is 1. The number of hydrogen-bond acceptors (Lipinski definition) is 4. The van der Waals surface area contributed by atoms with Gasteiger partial charge in [-0.15, -0.1) is 0 Å². The smallest absolute Gasteiger partial charge is 0.332 e. The lowest BCUT2D eigenvalue weighted by molar-refractivity contribution is -0.149. The minimum Gasteiger partial charge on any atom is -0.479 e. The fourth-order valence-electron chi connectivity index (χ4n) is 1.81. The fraction of sp³-hybridized carbons (Fsp3) is 0.700. The Morgan fingerprint density at radius 3 is 3.06 bits per heavy atom. The van der Waals surface area contributed by atoms with Crippen LogP contribution in [0.15, 0.2) is 0 Å². The third-order valence-electron chi connectivity index (χ3n) is 2.62. The van der Waals surface area contributed by atoms with E-state index in [4.69, 9.17) is 9.84 Å². The number of carboxylic acids is 1. The predicted octanol–water partition coefficient (Wildman–Crippen LogP) is 1.06. The molecular weight excluding hydrogens is 210 g/mol. The third-order valence-corrected chi connectivity index (χ3v) is 2.62. The molecule has 2 heterocycles. The molecule has 1 aliphatic rings. The average molecular weight is 225 g/mol. The molecule has 1 aliphatic heterocycles. The largest absolute Gasteiger partial charge is 0.479 e. The van der Waals surface area contributed by atoms with Crippen LogP contribution in [-0.2, 0) is 16.0 Å². The van der Waals surface area contributed by atoms with Crippen LogP contribution in [0.5, 0.6) is 0 Å². The highest BCUT2D eigenvalue weighted by atomic mass is 16.5. The molecule has 2 unspecified atom stereocenters. The molecule has 1 saturated heterocycles. The predicted molar refractivity (Wildman–Crippen MR) is 54.9 cm³/mol. The van der Waals surface area contributed by atoms with Crippen LogP contribution in [0.2, 0.25) is 0 Å². The van der Waals surface area contributed by atoms with Gasteiger partial charge in [0.1, 0.15) is 11.9 Å². The van der Waals surface area contributed by atoms with Gasteiger partial charge in [-0.3, -0.25) is 5.10 Å². The summed E-state index contributed by atoms with van der Waals surface area (Å²) in [5, 5.41) is 15.7. The molecule has 2 atom stereocenters. The van der Waals surface area contributed by atoms with E-state index in [0.29, 0.717) is 18.7 Å². The maximum Gasteiger partial charge on any atom is 0.332 e. The Labute approximate surface area is 93.0 Å². The van der Waals surface area contributed by atoms with E-state index >= 15 is 0 Å². The topological polar surface area (TPSA) is 88.1 Å². The Balaban J connectivity index is 2.00. The van der Waals surface area contributed by atoms with E-state index in [0.717, 1.165) is 18.7 Å². The number of aryl methyl sites for hydroxylation is 1. The van der Waals surface area contributed by atoms with E-state index in [9.17, 15) is 4.79 Å². The first-order valence-corrected chi connectivity index (χ1v) is 5.50. The van der Waals surface area contributed by atoms with E-state index in [1.165, 1.54) is 0 Å². The van der Waals surface area contributed by atoms with E-state index in [1.807, 2.05) is 0 Å². The Hall–Kier alpha value is -1.43. The normalized spacial score (nSPS) is 24.8. The number of nitrogens with zero attached hydrogens (tertiary/aromatic N) is 2. The molecule has 1 aromatic heterocycles. The SMILES string of the molecule is CCCc1nc(C2CCC(C(=O)O)O2)n[nH]1. The number of ether oxygens (including phenoxy) is 1. The average Bonchev–Trinajstić information content (AvgIpc) is 2.84. The third kappa shape index (κ3) is 2.21. The Morgan fingerprint density at radius 2 is 2.44 bits per heavy atom. The molecule has 0 radical (unpaired) electrons. The monoisotopic (exact) mass is 225 g/mol. The molecule has 16 heavy (non-hydrogen) atoms. The highest BCUT2D eigenvalue weighted by Crippen LogP contribution is 2.30. The van der Waals surface area contributed by atoms with Crippen molar-refractivity contribution in [3.05, 3.63) is 11.6 Å². The molecule has 0 saturated carbocycles. The highest BCUT2D eigenvalue weighted by Gasteiger charge is 2.33. The van der Waals surface area contributed by atoms with Gasteiger partial charge in [-0.05, 0) is 19.3 Å². The molecule has 0 spiro atoms. The highest BCUT2D eigenvalue weighted by molar-refractivity contribution is 5.72. The molecule has 2 rings (SSSR count). The van der Waals surface area contributed by atoms with Crippen LogP contribution in [-0.4, -0.2) is 32.4 Å². The maximum absolute atomic E-state index is 10.7. The van der Waals surface area contributed by atoms with Crippen LogP contribution < -0.4 is 0 Å². The number of aromatic nitrogens is 3. The number of hydrogen-bond donors (Lipinski definition) is 2. The lowest BCUT2D eigenvalue weighted by Crippen LogP contribution is -2.18. The lowest BCUT2D eigenvalue weighted by Gasteiger charge is -2.06. The van der Waals surface area contributed by atoms with Crippen molar-refractivity contribution in [3.8, 4) is 0 Å². The molecule has 6 nitrogen and oxygen atoms in total. The van der Waals surface area contributed by atoms with Gasteiger partial charge in [0.2, 0.25) is 0 Å². The van der Waals surface area contributed by atoms with Crippen molar-refractivity contribution in [2.24, 2.45) is 0 Å². The van der Waals surface area contributed by atoms with Crippen molar-refractivity contribution in [2.75, 3.05) is 0 Å². The number of carboxylic acid groups (broad SMARTS) is 1. The molecular formula is C10H15N3O3. The minimum absolute atomic E-state index is 0.275. The van der Waals surface area contributed by atoms with Crippen LogP contribution in [0, 0.1) is 0 Å². The first kappa shape index (κ1) is 11.1. The number of nitrogens with one attached hydrogen (secondary N) is 1. The summed E-state index contributed by atoms with van der Waals surface area (Å²) in [6, 6.07) is 0. The van der Waals surface area contributed by atoms with Crippen molar-refractivity contribution in [3.63, 3.8) is 0 Å². The van der Waals surface area contributed by atoms with Crippen LogP contribution in [0.4, 0.5) is 0 Å². The molecule has 0 amide bonds. The second kappa shape index (κ2) is 4.61. The van der Waals surface area contributed by atoms with Gasteiger partial charge < -0.3 is 9.84 Å². The van der Waals surface area contributed by atoms with E-state index in [1.54, 1.807) is 0 Å². The Kier molecular flexibility index (Phi) is 3.19. The summed E-state index contributed by atoms with van der Waals surface area (Å²) >= 11 is 0. The minimum atomic E-state index is -0.910. The zero-order valence-corrected chi connectivity index (χ0v) is 9.14. The van der Waals surface area contributed by atoms with Gasteiger partial charge in [0.05, 0.1) is 0 Å². The van der Waals surface area contributed by atoms with Gasteiger partial charge in [0, 0.05) is 6.42 Å².